The summed E-state index contributed by atoms with van der Waals surface area (Å²) in [6, 6.07) is 6.29. The molecule has 4 nitrogen and oxygen atoms in total. The maximum Gasteiger partial charge on any atom is 0.211 e. The molecule has 1 aromatic carbocycles. The molecule has 0 aliphatic rings. The van der Waals surface area contributed by atoms with Gasteiger partial charge in [0.15, 0.2) is 5.65 Å². The third kappa shape index (κ3) is 3.18. The van der Waals surface area contributed by atoms with E-state index in [1.807, 2.05) is 0 Å². The summed E-state index contributed by atoms with van der Waals surface area (Å²) in [5.41, 5.74) is 3.99. The van der Waals surface area contributed by atoms with Crippen molar-refractivity contribution in [3.63, 3.8) is 0 Å². The Morgan fingerprint density at radius 2 is 2.05 bits per heavy atom. The van der Waals surface area contributed by atoms with Crippen molar-refractivity contribution in [2.75, 3.05) is 5.75 Å². The molecule has 110 valence electrons. The number of fused-ring (bicyclic) bond motifs is 3. The van der Waals surface area contributed by atoms with Crippen LogP contribution in [-0.4, -0.2) is 25.9 Å². The number of nitrogens with zero attached hydrogens (tertiary/aromatic N) is 3. The molecule has 0 saturated carbocycles. The van der Waals surface area contributed by atoms with E-state index in [9.17, 15) is 0 Å². The smallest absolute Gasteiger partial charge is 0.211 e. The Bertz CT molecular complexity index is 750. The lowest BCUT2D eigenvalue weighted by molar-refractivity contribution is 0.705. The monoisotopic (exact) mass is 300 g/mol. The number of aromatic nitrogens is 4. The first kappa shape index (κ1) is 14.3. The highest BCUT2D eigenvalue weighted by atomic mass is 32.2. The van der Waals surface area contributed by atoms with E-state index in [0.29, 0.717) is 0 Å². The molecule has 0 aliphatic heterocycles. The standard InChI is InChI=1S/C16H20N4S/c1-3-4-5-6-9-21-16-18-15-14(19-20-16)12-10-11(2)7-8-13(12)17-15/h7-8,10H,3-6,9H2,1-2H3,(H,17,18,20). The molecular formula is C16H20N4S. The first-order valence-electron chi connectivity index (χ1n) is 7.53. The average molecular weight is 300 g/mol. The minimum absolute atomic E-state index is 0.766. The molecular weight excluding hydrogens is 280 g/mol. The van der Waals surface area contributed by atoms with Gasteiger partial charge in [-0.05, 0) is 25.5 Å². The van der Waals surface area contributed by atoms with Crippen molar-refractivity contribution < 1.29 is 0 Å². The normalized spacial score (nSPS) is 11.5. The predicted octanol–water partition coefficient (Wildman–Crippen LogP) is 4.49. The van der Waals surface area contributed by atoms with E-state index in [2.05, 4.69) is 52.2 Å². The van der Waals surface area contributed by atoms with Gasteiger partial charge in [-0.2, -0.15) is 0 Å². The number of thioether (sulfide) groups is 1. The Kier molecular flexibility index (Phi) is 4.39. The van der Waals surface area contributed by atoms with E-state index >= 15 is 0 Å². The second-order valence-electron chi connectivity index (χ2n) is 5.37. The third-order valence-corrected chi connectivity index (χ3v) is 4.50. The lowest BCUT2D eigenvalue weighted by atomic mass is 10.2. The molecule has 0 saturated heterocycles. The molecule has 21 heavy (non-hydrogen) atoms. The van der Waals surface area contributed by atoms with Crippen molar-refractivity contribution in [1.29, 1.82) is 0 Å². The quantitative estimate of drug-likeness (QED) is 0.538. The molecule has 0 unspecified atom stereocenters. The number of aromatic amines is 1. The summed E-state index contributed by atoms with van der Waals surface area (Å²) in [6.07, 6.45) is 5.07. The summed E-state index contributed by atoms with van der Waals surface area (Å²) in [7, 11) is 0. The summed E-state index contributed by atoms with van der Waals surface area (Å²) in [5.74, 6) is 1.06. The van der Waals surface area contributed by atoms with Crippen LogP contribution in [0.15, 0.2) is 23.4 Å². The molecule has 0 amide bonds. The molecule has 3 rings (SSSR count). The Hall–Kier alpha value is -1.62. The molecule has 0 atom stereocenters. The van der Waals surface area contributed by atoms with E-state index in [1.54, 1.807) is 11.8 Å². The number of H-pyrrole nitrogens is 1. The van der Waals surface area contributed by atoms with Crippen LogP contribution in [0, 0.1) is 6.92 Å². The van der Waals surface area contributed by atoms with Gasteiger partial charge in [0, 0.05) is 16.7 Å². The van der Waals surface area contributed by atoms with Crippen molar-refractivity contribution in [3.8, 4) is 0 Å². The minimum atomic E-state index is 0.766. The zero-order valence-electron chi connectivity index (χ0n) is 12.5. The van der Waals surface area contributed by atoms with Gasteiger partial charge in [-0.1, -0.05) is 49.6 Å². The number of hydrogen-bond acceptors (Lipinski definition) is 4. The Morgan fingerprint density at radius 1 is 1.14 bits per heavy atom. The van der Waals surface area contributed by atoms with Crippen LogP contribution in [0.1, 0.15) is 38.2 Å². The highest BCUT2D eigenvalue weighted by molar-refractivity contribution is 7.99. The molecule has 0 radical (unpaired) electrons. The van der Waals surface area contributed by atoms with Crippen LogP contribution in [0.25, 0.3) is 22.1 Å². The fraction of sp³-hybridized carbons (Fsp3) is 0.438. The van der Waals surface area contributed by atoms with Crippen LogP contribution in [0.4, 0.5) is 0 Å². The first-order chi connectivity index (χ1) is 10.3. The second kappa shape index (κ2) is 6.43. The lowest BCUT2D eigenvalue weighted by Gasteiger charge is -1.99. The van der Waals surface area contributed by atoms with Crippen LogP contribution in [0.3, 0.4) is 0 Å². The van der Waals surface area contributed by atoms with Gasteiger partial charge in [0.25, 0.3) is 0 Å². The molecule has 1 N–H and O–H groups in total. The number of nitrogens with one attached hydrogen (secondary N) is 1. The predicted molar refractivity (Wildman–Crippen MR) is 88.8 cm³/mol. The number of aryl methyl sites for hydroxylation is 1. The summed E-state index contributed by atoms with van der Waals surface area (Å²) < 4.78 is 0. The highest BCUT2D eigenvalue weighted by Crippen LogP contribution is 2.24. The summed E-state index contributed by atoms with van der Waals surface area (Å²) in [4.78, 5) is 7.92. The lowest BCUT2D eigenvalue weighted by Crippen LogP contribution is -1.92. The molecule has 2 heterocycles. The summed E-state index contributed by atoms with van der Waals surface area (Å²) >= 11 is 1.69. The molecule has 0 bridgehead atoms. The van der Waals surface area contributed by atoms with E-state index < -0.39 is 0 Å². The van der Waals surface area contributed by atoms with E-state index in [0.717, 1.165) is 33.0 Å². The number of unbranched alkanes of at least 4 members (excludes halogenated alkanes) is 3. The van der Waals surface area contributed by atoms with Gasteiger partial charge < -0.3 is 4.98 Å². The Labute approximate surface area is 128 Å². The molecule has 2 aromatic heterocycles. The molecule has 5 heteroatoms. The highest BCUT2D eigenvalue weighted by Gasteiger charge is 2.09. The fourth-order valence-corrected chi connectivity index (χ4v) is 3.21. The van der Waals surface area contributed by atoms with Gasteiger partial charge in [0.1, 0.15) is 5.52 Å². The summed E-state index contributed by atoms with van der Waals surface area (Å²) in [6.45, 7) is 4.31. The van der Waals surface area contributed by atoms with Crippen molar-refractivity contribution >= 4 is 33.8 Å². The third-order valence-electron chi connectivity index (χ3n) is 3.58. The van der Waals surface area contributed by atoms with Crippen molar-refractivity contribution in [2.45, 2.75) is 44.7 Å². The van der Waals surface area contributed by atoms with Gasteiger partial charge in [0.05, 0.1) is 0 Å². The maximum absolute atomic E-state index is 4.59. The molecule has 0 spiro atoms. The van der Waals surface area contributed by atoms with Crippen LogP contribution in [0.5, 0.6) is 0 Å². The zero-order valence-corrected chi connectivity index (χ0v) is 13.3. The average Bonchev–Trinajstić information content (AvgIpc) is 2.84. The van der Waals surface area contributed by atoms with E-state index in [-0.39, 0.29) is 0 Å². The van der Waals surface area contributed by atoms with E-state index in [1.165, 1.54) is 31.2 Å². The molecule has 3 aromatic rings. The minimum Gasteiger partial charge on any atom is -0.338 e. The zero-order chi connectivity index (χ0) is 14.7. The van der Waals surface area contributed by atoms with E-state index in [4.69, 9.17) is 0 Å². The van der Waals surface area contributed by atoms with Crippen molar-refractivity contribution in [3.05, 3.63) is 23.8 Å². The van der Waals surface area contributed by atoms with Gasteiger partial charge in [-0.25, -0.2) is 4.98 Å². The van der Waals surface area contributed by atoms with Crippen LogP contribution >= 0.6 is 11.8 Å². The van der Waals surface area contributed by atoms with Crippen molar-refractivity contribution in [1.82, 2.24) is 20.2 Å². The maximum atomic E-state index is 4.59. The van der Waals surface area contributed by atoms with Crippen LogP contribution in [-0.2, 0) is 0 Å². The topological polar surface area (TPSA) is 54.5 Å². The van der Waals surface area contributed by atoms with Gasteiger partial charge in [-0.3, -0.25) is 0 Å². The SMILES string of the molecule is CCCCCCSc1nnc2c(n1)[nH]c1ccc(C)cc12. The Balaban J connectivity index is 1.79. The number of benzene rings is 1. The number of rotatable bonds is 6. The second-order valence-corrected chi connectivity index (χ2v) is 6.44. The number of hydrogen-bond donors (Lipinski definition) is 1. The fourth-order valence-electron chi connectivity index (χ4n) is 2.42. The molecule has 0 aliphatic carbocycles. The van der Waals surface area contributed by atoms with Crippen LogP contribution < -0.4 is 0 Å². The van der Waals surface area contributed by atoms with Crippen molar-refractivity contribution in [2.24, 2.45) is 0 Å². The Morgan fingerprint density at radius 3 is 2.90 bits per heavy atom. The summed E-state index contributed by atoms with van der Waals surface area (Å²) in [5, 5.41) is 10.5. The molecule has 0 fully saturated rings. The largest absolute Gasteiger partial charge is 0.338 e. The van der Waals surface area contributed by atoms with Gasteiger partial charge in [-0.15, -0.1) is 10.2 Å². The van der Waals surface area contributed by atoms with Gasteiger partial charge in [0.2, 0.25) is 5.16 Å². The van der Waals surface area contributed by atoms with Gasteiger partial charge >= 0.3 is 0 Å². The van der Waals surface area contributed by atoms with Crippen LogP contribution in [0.2, 0.25) is 0 Å². The first-order valence-corrected chi connectivity index (χ1v) is 8.52.